The van der Waals surface area contributed by atoms with E-state index in [1.54, 1.807) is 6.07 Å². The molecule has 28 heavy (non-hydrogen) atoms. The lowest BCUT2D eigenvalue weighted by Gasteiger charge is -2.16. The number of halogens is 1. The molecule has 0 bridgehead atoms. The summed E-state index contributed by atoms with van der Waals surface area (Å²) in [6, 6.07) is 12.4. The van der Waals surface area contributed by atoms with Crippen molar-refractivity contribution in [2.45, 2.75) is 24.3 Å². The highest BCUT2D eigenvalue weighted by molar-refractivity contribution is 9.10. The summed E-state index contributed by atoms with van der Waals surface area (Å²) in [5.41, 5.74) is 1.19. The van der Waals surface area contributed by atoms with Crippen molar-refractivity contribution in [2.75, 3.05) is 13.1 Å². The number of rotatable bonds is 5. The van der Waals surface area contributed by atoms with Crippen LogP contribution in [-0.4, -0.2) is 36.7 Å². The monoisotopic (exact) mass is 479 g/mol. The zero-order valence-electron chi connectivity index (χ0n) is 14.9. The number of aromatic nitrogens is 1. The molecule has 0 saturated carbocycles. The van der Waals surface area contributed by atoms with Gasteiger partial charge in [-0.15, -0.1) is 11.3 Å². The van der Waals surface area contributed by atoms with Crippen LogP contribution in [0.5, 0.6) is 0 Å². The van der Waals surface area contributed by atoms with Crippen LogP contribution in [0.3, 0.4) is 0 Å². The fourth-order valence-electron chi connectivity index (χ4n) is 3.16. The highest BCUT2D eigenvalue weighted by Gasteiger charge is 2.28. The third-order valence-corrected chi connectivity index (χ3v) is 8.25. The van der Waals surface area contributed by atoms with Crippen LogP contribution < -0.4 is 5.32 Å². The Labute approximate surface area is 175 Å². The van der Waals surface area contributed by atoms with Gasteiger partial charge in [-0.25, -0.2) is 13.4 Å². The van der Waals surface area contributed by atoms with E-state index in [0.29, 0.717) is 23.1 Å². The smallest absolute Gasteiger partial charge is 0.252 e. The second kappa shape index (κ2) is 7.90. The molecule has 0 radical (unpaired) electrons. The lowest BCUT2D eigenvalue weighted by molar-refractivity contribution is 0.0950. The topological polar surface area (TPSA) is 79.4 Å². The first-order chi connectivity index (χ1) is 13.4. The van der Waals surface area contributed by atoms with Crippen LogP contribution in [0.2, 0.25) is 0 Å². The maximum atomic E-state index is 12.8. The fourth-order valence-corrected chi connectivity index (χ4v) is 6.04. The minimum atomic E-state index is -3.57. The van der Waals surface area contributed by atoms with Crippen LogP contribution >= 0.6 is 27.3 Å². The predicted octanol–water partition coefficient (Wildman–Crippen LogP) is 3.77. The first-order valence-corrected chi connectivity index (χ1v) is 11.9. The third-order valence-electron chi connectivity index (χ3n) is 4.62. The summed E-state index contributed by atoms with van der Waals surface area (Å²) in [5, 5.41) is 3.63. The second-order valence-corrected chi connectivity index (χ2v) is 10.4. The molecule has 1 aromatic heterocycles. The largest absolute Gasteiger partial charge is 0.345 e. The number of sulfonamides is 1. The van der Waals surface area contributed by atoms with Gasteiger partial charge < -0.3 is 5.32 Å². The number of hydrogen-bond donors (Lipinski definition) is 1. The van der Waals surface area contributed by atoms with E-state index >= 15 is 0 Å². The van der Waals surface area contributed by atoms with Crippen LogP contribution in [-0.2, 0) is 16.6 Å². The standard InChI is InChI=1S/C19H18BrN3O3S2/c20-15-8-7-13(28(25,26)23-9-3-4-10-23)11-14(15)19(24)21-12-18-22-16-5-1-2-6-17(16)27-18/h1-2,5-8,11H,3-4,9-10,12H2,(H,21,24). The van der Waals surface area contributed by atoms with Crippen molar-refractivity contribution >= 4 is 53.4 Å². The molecule has 2 aromatic carbocycles. The SMILES string of the molecule is O=C(NCc1nc2ccccc2s1)c1cc(S(=O)(=O)N2CCCC2)ccc1Br. The molecule has 3 aromatic rings. The van der Waals surface area contributed by atoms with Crippen LogP contribution in [0.15, 0.2) is 51.8 Å². The Balaban J connectivity index is 1.53. The molecule has 2 heterocycles. The Morgan fingerprint density at radius 1 is 1.18 bits per heavy atom. The molecule has 0 aliphatic carbocycles. The fraction of sp³-hybridized carbons (Fsp3) is 0.263. The molecule has 1 aliphatic rings. The van der Waals surface area contributed by atoms with E-state index in [2.05, 4.69) is 26.2 Å². The van der Waals surface area contributed by atoms with Gasteiger partial charge in [-0.1, -0.05) is 12.1 Å². The molecule has 1 N–H and O–H groups in total. The Kier molecular flexibility index (Phi) is 5.50. The Bertz CT molecular complexity index is 1110. The number of hydrogen-bond acceptors (Lipinski definition) is 5. The summed E-state index contributed by atoms with van der Waals surface area (Å²) in [6.07, 6.45) is 1.73. The van der Waals surface area contributed by atoms with E-state index in [-0.39, 0.29) is 17.3 Å². The highest BCUT2D eigenvalue weighted by atomic mass is 79.9. The number of nitrogens with zero attached hydrogens (tertiary/aromatic N) is 2. The summed E-state index contributed by atoms with van der Waals surface area (Å²) >= 11 is 4.88. The first-order valence-electron chi connectivity index (χ1n) is 8.87. The molecule has 4 rings (SSSR count). The van der Waals surface area contributed by atoms with Gasteiger partial charge in [-0.3, -0.25) is 4.79 Å². The van der Waals surface area contributed by atoms with Gasteiger partial charge in [0.15, 0.2) is 0 Å². The summed E-state index contributed by atoms with van der Waals surface area (Å²) < 4.78 is 28.6. The predicted molar refractivity (Wildman–Crippen MR) is 113 cm³/mol. The number of fused-ring (bicyclic) bond motifs is 1. The number of carbonyl (C=O) groups excluding carboxylic acids is 1. The van der Waals surface area contributed by atoms with Crippen molar-refractivity contribution in [3.05, 3.63) is 57.5 Å². The summed E-state index contributed by atoms with van der Waals surface area (Å²) in [6.45, 7) is 1.34. The van der Waals surface area contributed by atoms with Crippen molar-refractivity contribution in [1.29, 1.82) is 0 Å². The van der Waals surface area contributed by atoms with Gasteiger partial charge >= 0.3 is 0 Å². The normalized spacial score (nSPS) is 15.2. The van der Waals surface area contributed by atoms with Crippen LogP contribution in [0.25, 0.3) is 10.2 Å². The summed E-state index contributed by atoms with van der Waals surface area (Å²) in [4.78, 5) is 17.3. The number of nitrogens with one attached hydrogen (secondary N) is 1. The number of amides is 1. The molecule has 1 aliphatic heterocycles. The quantitative estimate of drug-likeness (QED) is 0.603. The Hall–Kier alpha value is -1.81. The van der Waals surface area contributed by atoms with Gasteiger partial charge in [-0.05, 0) is 59.1 Å². The van der Waals surface area contributed by atoms with Crippen molar-refractivity contribution in [3.63, 3.8) is 0 Å². The molecular weight excluding hydrogens is 462 g/mol. The summed E-state index contributed by atoms with van der Waals surface area (Å²) in [5.74, 6) is -0.343. The van der Waals surface area contributed by atoms with E-state index in [4.69, 9.17) is 0 Å². The number of benzene rings is 2. The Morgan fingerprint density at radius 3 is 2.68 bits per heavy atom. The lowest BCUT2D eigenvalue weighted by atomic mass is 10.2. The molecule has 146 valence electrons. The average Bonchev–Trinajstić information content (AvgIpc) is 3.36. The average molecular weight is 480 g/mol. The summed E-state index contributed by atoms with van der Waals surface area (Å²) in [7, 11) is -3.57. The molecule has 6 nitrogen and oxygen atoms in total. The minimum Gasteiger partial charge on any atom is -0.345 e. The molecular formula is C19H18BrN3O3S2. The van der Waals surface area contributed by atoms with E-state index in [0.717, 1.165) is 28.1 Å². The van der Waals surface area contributed by atoms with Crippen molar-refractivity contribution in [3.8, 4) is 0 Å². The van der Waals surface area contributed by atoms with Gasteiger partial charge in [0.25, 0.3) is 5.91 Å². The molecule has 0 spiro atoms. The zero-order valence-corrected chi connectivity index (χ0v) is 18.1. The highest BCUT2D eigenvalue weighted by Crippen LogP contribution is 2.26. The first kappa shape index (κ1) is 19.5. The van der Waals surface area contributed by atoms with Crippen molar-refractivity contribution in [1.82, 2.24) is 14.6 Å². The van der Waals surface area contributed by atoms with Gasteiger partial charge in [0, 0.05) is 17.6 Å². The molecule has 1 fully saturated rings. The third kappa shape index (κ3) is 3.84. The number of carbonyl (C=O) groups is 1. The minimum absolute atomic E-state index is 0.141. The van der Waals surface area contributed by atoms with Crippen LogP contribution in [0.4, 0.5) is 0 Å². The van der Waals surface area contributed by atoms with E-state index < -0.39 is 10.0 Å². The van der Waals surface area contributed by atoms with Crippen LogP contribution in [0, 0.1) is 0 Å². The molecule has 9 heteroatoms. The van der Waals surface area contributed by atoms with Crippen LogP contribution in [0.1, 0.15) is 28.2 Å². The van der Waals surface area contributed by atoms with Gasteiger partial charge in [0.05, 0.1) is 27.2 Å². The molecule has 0 atom stereocenters. The van der Waals surface area contributed by atoms with Gasteiger partial charge in [0.2, 0.25) is 10.0 Å². The zero-order chi connectivity index (χ0) is 19.7. The molecule has 1 amide bonds. The number of para-hydroxylation sites is 1. The van der Waals surface area contributed by atoms with E-state index in [9.17, 15) is 13.2 Å². The molecule has 0 unspecified atom stereocenters. The lowest BCUT2D eigenvalue weighted by Crippen LogP contribution is -2.28. The van der Waals surface area contributed by atoms with Crippen molar-refractivity contribution in [2.24, 2.45) is 0 Å². The maximum Gasteiger partial charge on any atom is 0.252 e. The Morgan fingerprint density at radius 2 is 1.93 bits per heavy atom. The van der Waals surface area contributed by atoms with Gasteiger partial charge in [0.1, 0.15) is 5.01 Å². The maximum absolute atomic E-state index is 12.8. The second-order valence-electron chi connectivity index (χ2n) is 6.51. The van der Waals surface area contributed by atoms with E-state index in [1.807, 2.05) is 24.3 Å². The van der Waals surface area contributed by atoms with E-state index in [1.165, 1.54) is 27.8 Å². The van der Waals surface area contributed by atoms with Crippen molar-refractivity contribution < 1.29 is 13.2 Å². The van der Waals surface area contributed by atoms with Gasteiger partial charge in [-0.2, -0.15) is 4.31 Å². The number of thiazole rings is 1. The molecule has 1 saturated heterocycles.